The predicted octanol–water partition coefficient (Wildman–Crippen LogP) is 2.03. The summed E-state index contributed by atoms with van der Waals surface area (Å²) in [6.45, 7) is 4.47. The van der Waals surface area contributed by atoms with Crippen LogP contribution in [0.1, 0.15) is 26.7 Å². The Balaban J connectivity index is 2.37. The maximum Gasteiger partial charge on any atom is 0.221 e. The van der Waals surface area contributed by atoms with Crippen molar-refractivity contribution < 1.29 is 4.79 Å². The number of amides is 1. The van der Waals surface area contributed by atoms with Gasteiger partial charge in [-0.15, -0.1) is 0 Å². The van der Waals surface area contributed by atoms with Crippen LogP contribution in [-0.2, 0) is 4.79 Å². The van der Waals surface area contributed by atoms with Gasteiger partial charge in [0.25, 0.3) is 0 Å². The van der Waals surface area contributed by atoms with Gasteiger partial charge in [0.1, 0.15) is 5.15 Å². The minimum absolute atomic E-state index is 0.0115. The van der Waals surface area contributed by atoms with E-state index in [0.29, 0.717) is 29.6 Å². The van der Waals surface area contributed by atoms with Gasteiger partial charge in [-0.05, 0) is 25.5 Å². The Kier molecular flexibility index (Phi) is 5.71. The van der Waals surface area contributed by atoms with E-state index in [4.69, 9.17) is 17.3 Å². The van der Waals surface area contributed by atoms with Crippen LogP contribution in [0.4, 0.5) is 11.5 Å². The Hall–Kier alpha value is -1.49. The molecule has 100 valence electrons. The van der Waals surface area contributed by atoms with E-state index in [9.17, 15) is 4.79 Å². The lowest BCUT2D eigenvalue weighted by Gasteiger charge is -2.12. The predicted molar refractivity (Wildman–Crippen MR) is 74.7 cm³/mol. The fourth-order valence-corrected chi connectivity index (χ4v) is 1.48. The average molecular weight is 271 g/mol. The highest BCUT2D eigenvalue weighted by Crippen LogP contribution is 2.17. The molecule has 0 bridgehead atoms. The molecule has 1 unspecified atom stereocenters. The number of hydrogen-bond acceptors (Lipinski definition) is 4. The van der Waals surface area contributed by atoms with Crippen molar-refractivity contribution >= 4 is 29.0 Å². The topological polar surface area (TPSA) is 80.0 Å². The van der Waals surface area contributed by atoms with Crippen molar-refractivity contribution in [3.63, 3.8) is 0 Å². The van der Waals surface area contributed by atoms with E-state index < -0.39 is 0 Å². The van der Waals surface area contributed by atoms with Crippen molar-refractivity contribution in [3.05, 3.63) is 17.3 Å². The largest absolute Gasteiger partial charge is 0.396 e. The van der Waals surface area contributed by atoms with Crippen molar-refractivity contribution in [2.24, 2.45) is 0 Å². The van der Waals surface area contributed by atoms with Crippen LogP contribution >= 0.6 is 11.6 Å². The van der Waals surface area contributed by atoms with Crippen molar-refractivity contribution in [1.82, 2.24) is 10.3 Å². The van der Waals surface area contributed by atoms with Gasteiger partial charge in [-0.3, -0.25) is 4.79 Å². The first-order chi connectivity index (χ1) is 8.52. The molecule has 1 heterocycles. The quantitative estimate of drug-likeness (QED) is 0.691. The summed E-state index contributed by atoms with van der Waals surface area (Å²) in [7, 11) is 0. The number of halogens is 1. The van der Waals surface area contributed by atoms with Crippen molar-refractivity contribution in [2.75, 3.05) is 17.6 Å². The van der Waals surface area contributed by atoms with Gasteiger partial charge < -0.3 is 16.4 Å². The van der Waals surface area contributed by atoms with Crippen molar-refractivity contribution in [2.45, 2.75) is 32.7 Å². The summed E-state index contributed by atoms with van der Waals surface area (Å²) in [5.74, 6) is 0.524. The van der Waals surface area contributed by atoms with E-state index in [2.05, 4.69) is 15.6 Å². The molecule has 18 heavy (non-hydrogen) atoms. The zero-order valence-electron chi connectivity index (χ0n) is 10.7. The molecular weight excluding hydrogens is 252 g/mol. The molecule has 0 saturated carbocycles. The molecule has 1 aromatic heterocycles. The number of rotatable bonds is 6. The smallest absolute Gasteiger partial charge is 0.221 e. The molecule has 0 spiro atoms. The first-order valence-electron chi connectivity index (χ1n) is 5.98. The van der Waals surface area contributed by atoms with Gasteiger partial charge in [0.05, 0.1) is 5.69 Å². The zero-order valence-corrected chi connectivity index (χ0v) is 11.4. The molecule has 0 aliphatic carbocycles. The first kappa shape index (κ1) is 14.6. The van der Waals surface area contributed by atoms with E-state index in [1.165, 1.54) is 0 Å². The number of nitrogens with two attached hydrogens (primary N) is 1. The molecule has 0 aliphatic heterocycles. The Labute approximate surface area is 112 Å². The van der Waals surface area contributed by atoms with Crippen molar-refractivity contribution in [3.8, 4) is 0 Å². The number of aromatic nitrogens is 1. The molecular formula is C12H19ClN4O. The molecule has 1 atom stereocenters. The number of carbonyl (C=O) groups is 1. The van der Waals surface area contributed by atoms with Crippen LogP contribution in [0.25, 0.3) is 0 Å². The van der Waals surface area contributed by atoms with E-state index >= 15 is 0 Å². The number of pyridine rings is 1. The summed E-state index contributed by atoms with van der Waals surface area (Å²) in [4.78, 5) is 15.6. The minimum Gasteiger partial charge on any atom is -0.396 e. The molecule has 0 aliphatic rings. The third-order valence-corrected chi connectivity index (χ3v) is 2.77. The maximum atomic E-state index is 11.5. The second-order valence-corrected chi connectivity index (χ2v) is 4.51. The Morgan fingerprint density at radius 1 is 1.56 bits per heavy atom. The second kappa shape index (κ2) is 7.06. The molecule has 1 amide bonds. The van der Waals surface area contributed by atoms with E-state index in [-0.39, 0.29) is 11.9 Å². The Bertz CT molecular complexity index is 411. The molecule has 1 aromatic rings. The molecule has 0 saturated heterocycles. The summed E-state index contributed by atoms with van der Waals surface area (Å²) in [5, 5.41) is 6.25. The minimum atomic E-state index is 0.0115. The zero-order chi connectivity index (χ0) is 13.5. The summed E-state index contributed by atoms with van der Waals surface area (Å²) >= 11 is 5.76. The van der Waals surface area contributed by atoms with Gasteiger partial charge >= 0.3 is 0 Å². The van der Waals surface area contributed by atoms with Crippen LogP contribution in [0.3, 0.4) is 0 Å². The number of hydrogen-bond donors (Lipinski definition) is 3. The number of nitrogens with one attached hydrogen (secondary N) is 2. The SMILES string of the molecule is CCC(C)NC(=O)CCNc1nc(Cl)ccc1N. The average Bonchev–Trinajstić information content (AvgIpc) is 2.33. The van der Waals surface area contributed by atoms with E-state index in [1.54, 1.807) is 12.1 Å². The number of nitrogens with zero attached hydrogens (tertiary/aromatic N) is 1. The summed E-state index contributed by atoms with van der Waals surface area (Å²) in [5.41, 5.74) is 6.24. The fourth-order valence-electron chi connectivity index (χ4n) is 1.33. The third-order valence-electron chi connectivity index (χ3n) is 2.56. The van der Waals surface area contributed by atoms with E-state index in [0.717, 1.165) is 6.42 Å². The molecule has 0 fully saturated rings. The summed E-state index contributed by atoms with van der Waals surface area (Å²) in [6, 6.07) is 3.50. The lowest BCUT2D eigenvalue weighted by Crippen LogP contribution is -2.33. The maximum absolute atomic E-state index is 11.5. The lowest BCUT2D eigenvalue weighted by atomic mass is 10.2. The van der Waals surface area contributed by atoms with Crippen LogP contribution in [-0.4, -0.2) is 23.5 Å². The van der Waals surface area contributed by atoms with Crippen LogP contribution in [0.5, 0.6) is 0 Å². The molecule has 0 radical (unpaired) electrons. The highest BCUT2D eigenvalue weighted by Gasteiger charge is 2.06. The molecule has 0 aromatic carbocycles. The van der Waals surface area contributed by atoms with Gasteiger partial charge in [0.2, 0.25) is 5.91 Å². The second-order valence-electron chi connectivity index (χ2n) is 4.13. The monoisotopic (exact) mass is 270 g/mol. The van der Waals surface area contributed by atoms with Crippen molar-refractivity contribution in [1.29, 1.82) is 0 Å². The van der Waals surface area contributed by atoms with Crippen LogP contribution in [0, 0.1) is 0 Å². The first-order valence-corrected chi connectivity index (χ1v) is 6.36. The van der Waals surface area contributed by atoms with Gasteiger partial charge in [-0.1, -0.05) is 18.5 Å². The third kappa shape index (κ3) is 4.79. The molecule has 1 rings (SSSR count). The van der Waals surface area contributed by atoms with Gasteiger partial charge in [0.15, 0.2) is 5.82 Å². The van der Waals surface area contributed by atoms with Gasteiger partial charge in [0, 0.05) is 19.0 Å². The Morgan fingerprint density at radius 3 is 2.94 bits per heavy atom. The number of nitrogen functional groups attached to an aromatic ring is 1. The fraction of sp³-hybridized carbons (Fsp3) is 0.500. The normalized spacial score (nSPS) is 11.9. The van der Waals surface area contributed by atoms with Gasteiger partial charge in [-0.2, -0.15) is 0 Å². The van der Waals surface area contributed by atoms with Crippen LogP contribution < -0.4 is 16.4 Å². The Morgan fingerprint density at radius 2 is 2.28 bits per heavy atom. The number of carbonyl (C=O) groups excluding carboxylic acids is 1. The molecule has 5 nitrogen and oxygen atoms in total. The summed E-state index contributed by atoms with van der Waals surface area (Å²) in [6.07, 6.45) is 1.29. The number of anilines is 2. The molecule has 4 N–H and O–H groups in total. The standard InChI is InChI=1S/C12H19ClN4O/c1-3-8(2)16-11(18)6-7-15-12-9(14)4-5-10(13)17-12/h4-5,8H,3,6-7,14H2,1-2H3,(H,15,17)(H,16,18). The molecule has 6 heteroatoms. The summed E-state index contributed by atoms with van der Waals surface area (Å²) < 4.78 is 0. The van der Waals surface area contributed by atoms with Gasteiger partial charge in [-0.25, -0.2) is 4.98 Å². The van der Waals surface area contributed by atoms with E-state index in [1.807, 2.05) is 13.8 Å². The van der Waals surface area contributed by atoms with Crippen LogP contribution in [0.15, 0.2) is 12.1 Å². The lowest BCUT2D eigenvalue weighted by molar-refractivity contribution is -0.121. The highest BCUT2D eigenvalue weighted by molar-refractivity contribution is 6.29. The van der Waals surface area contributed by atoms with Crippen LogP contribution in [0.2, 0.25) is 5.15 Å². The highest BCUT2D eigenvalue weighted by atomic mass is 35.5.